The lowest BCUT2D eigenvalue weighted by molar-refractivity contribution is 0.0104. The highest BCUT2D eigenvalue weighted by Crippen LogP contribution is 2.20. The van der Waals surface area contributed by atoms with Gasteiger partial charge in [-0.2, -0.15) is 0 Å². The van der Waals surface area contributed by atoms with Gasteiger partial charge < -0.3 is 25.2 Å². The molecule has 0 bridgehead atoms. The molecule has 0 spiro atoms. The third kappa shape index (κ3) is 8.86. The Morgan fingerprint density at radius 1 is 1.14 bits per heavy atom. The quantitative estimate of drug-likeness (QED) is 0.336. The van der Waals surface area contributed by atoms with Gasteiger partial charge in [-0.25, -0.2) is 4.79 Å². The van der Waals surface area contributed by atoms with E-state index in [-0.39, 0.29) is 36.1 Å². The number of hydrogen-bond acceptors (Lipinski definition) is 4. The molecule has 2 heterocycles. The molecule has 1 atom stereocenters. The fourth-order valence-corrected chi connectivity index (χ4v) is 3.94. The van der Waals surface area contributed by atoms with Crippen LogP contribution in [0.25, 0.3) is 0 Å². The SMILES string of the molecule is CN=C(NCC1CCCCN1C(=O)OC(C)(C)C)NC1CCN(C(C)C)CC1.I. The Balaban J connectivity index is 0.00000420. The minimum atomic E-state index is -0.463. The Morgan fingerprint density at radius 2 is 1.79 bits per heavy atom. The number of rotatable bonds is 4. The van der Waals surface area contributed by atoms with Crippen molar-refractivity contribution in [2.45, 2.75) is 90.4 Å². The minimum Gasteiger partial charge on any atom is -0.444 e. The number of likely N-dealkylation sites (tertiary alicyclic amines) is 2. The summed E-state index contributed by atoms with van der Waals surface area (Å²) in [5.41, 5.74) is -0.463. The van der Waals surface area contributed by atoms with Crippen molar-refractivity contribution < 1.29 is 9.53 Å². The van der Waals surface area contributed by atoms with Crippen LogP contribution in [0, 0.1) is 0 Å². The number of carbonyl (C=O) groups is 1. The summed E-state index contributed by atoms with van der Waals surface area (Å²) in [6.07, 6.45) is 5.24. The Hall–Kier alpha value is -0.770. The summed E-state index contributed by atoms with van der Waals surface area (Å²) < 4.78 is 5.60. The standard InChI is InChI=1S/C21H41N5O2.HI/c1-16(2)25-13-10-17(11-14-25)24-19(22-6)23-15-18-9-7-8-12-26(18)20(27)28-21(3,4)5;/h16-18H,7-15H2,1-6H3,(H2,22,23,24);1H. The summed E-state index contributed by atoms with van der Waals surface area (Å²) in [5, 5.41) is 7.01. The number of nitrogens with zero attached hydrogens (tertiary/aromatic N) is 3. The molecule has 0 saturated carbocycles. The van der Waals surface area contributed by atoms with Crippen LogP contribution >= 0.6 is 24.0 Å². The first-order chi connectivity index (χ1) is 13.2. The molecule has 0 radical (unpaired) electrons. The monoisotopic (exact) mass is 523 g/mol. The zero-order valence-corrected chi connectivity index (χ0v) is 21.5. The van der Waals surface area contributed by atoms with Crippen LogP contribution in [0.15, 0.2) is 4.99 Å². The molecule has 2 saturated heterocycles. The molecule has 0 aromatic carbocycles. The number of hydrogen-bond donors (Lipinski definition) is 2. The average molecular weight is 524 g/mol. The maximum Gasteiger partial charge on any atom is 0.410 e. The van der Waals surface area contributed by atoms with Crippen LogP contribution in [0.2, 0.25) is 0 Å². The van der Waals surface area contributed by atoms with E-state index in [2.05, 4.69) is 34.4 Å². The number of piperidine rings is 2. The molecule has 8 heteroatoms. The summed E-state index contributed by atoms with van der Waals surface area (Å²) >= 11 is 0. The zero-order chi connectivity index (χ0) is 20.7. The first kappa shape index (κ1) is 26.3. The highest BCUT2D eigenvalue weighted by molar-refractivity contribution is 14.0. The lowest BCUT2D eigenvalue weighted by atomic mass is 10.0. The second-order valence-corrected chi connectivity index (χ2v) is 9.32. The smallest absolute Gasteiger partial charge is 0.410 e. The van der Waals surface area contributed by atoms with Crippen LogP contribution in [-0.4, -0.2) is 78.8 Å². The minimum absolute atomic E-state index is 0. The molecule has 0 aromatic heterocycles. The normalized spacial score (nSPS) is 22.2. The summed E-state index contributed by atoms with van der Waals surface area (Å²) in [6.45, 7) is 14.0. The molecule has 2 aliphatic rings. The van der Waals surface area contributed by atoms with E-state index < -0.39 is 5.60 Å². The molecule has 7 nitrogen and oxygen atoms in total. The fourth-order valence-electron chi connectivity index (χ4n) is 3.94. The van der Waals surface area contributed by atoms with Crippen LogP contribution in [0.3, 0.4) is 0 Å². The number of aliphatic imine (C=N–C) groups is 1. The van der Waals surface area contributed by atoms with Gasteiger partial charge in [0.2, 0.25) is 0 Å². The molecule has 2 fully saturated rings. The number of nitrogens with one attached hydrogen (secondary N) is 2. The Kier molecular flexibility index (Phi) is 11.0. The summed E-state index contributed by atoms with van der Waals surface area (Å²) in [4.78, 5) is 21.4. The number of guanidine groups is 1. The van der Waals surface area contributed by atoms with Crippen LogP contribution in [0.1, 0.15) is 66.7 Å². The molecule has 2 aliphatic heterocycles. The first-order valence-electron chi connectivity index (χ1n) is 10.9. The van der Waals surface area contributed by atoms with E-state index in [1.54, 1.807) is 0 Å². The van der Waals surface area contributed by atoms with Crippen molar-refractivity contribution in [3.8, 4) is 0 Å². The highest BCUT2D eigenvalue weighted by Gasteiger charge is 2.30. The fraction of sp³-hybridized carbons (Fsp3) is 0.905. The first-order valence-corrected chi connectivity index (χ1v) is 10.9. The van der Waals surface area contributed by atoms with Gasteiger partial charge in [0.1, 0.15) is 5.60 Å². The predicted molar refractivity (Wildman–Crippen MR) is 130 cm³/mol. The summed E-state index contributed by atoms with van der Waals surface area (Å²) in [6, 6.07) is 1.21. The van der Waals surface area contributed by atoms with Crippen molar-refractivity contribution >= 4 is 36.0 Å². The average Bonchev–Trinajstić information content (AvgIpc) is 2.64. The molecule has 1 amide bonds. The van der Waals surface area contributed by atoms with Gasteiger partial charge in [0.15, 0.2) is 5.96 Å². The zero-order valence-electron chi connectivity index (χ0n) is 19.2. The number of carbonyl (C=O) groups excluding carboxylic acids is 1. The third-order valence-electron chi connectivity index (χ3n) is 5.58. The number of amides is 1. The topological polar surface area (TPSA) is 69.2 Å². The molecular weight excluding hydrogens is 481 g/mol. The van der Waals surface area contributed by atoms with Crippen LogP contribution in [-0.2, 0) is 4.74 Å². The van der Waals surface area contributed by atoms with E-state index in [0.29, 0.717) is 18.6 Å². The summed E-state index contributed by atoms with van der Waals surface area (Å²) in [5.74, 6) is 0.831. The Labute approximate surface area is 194 Å². The molecular formula is C21H42IN5O2. The van der Waals surface area contributed by atoms with Gasteiger partial charge in [0.25, 0.3) is 0 Å². The van der Waals surface area contributed by atoms with Crippen LogP contribution in [0.5, 0.6) is 0 Å². The maximum absolute atomic E-state index is 12.6. The van der Waals surface area contributed by atoms with E-state index in [1.165, 1.54) is 0 Å². The van der Waals surface area contributed by atoms with Gasteiger partial charge in [-0.15, -0.1) is 24.0 Å². The van der Waals surface area contributed by atoms with Crippen LogP contribution in [0.4, 0.5) is 4.79 Å². The van der Waals surface area contributed by atoms with Gasteiger partial charge in [0.05, 0.1) is 6.04 Å². The maximum atomic E-state index is 12.6. The number of ether oxygens (including phenoxy) is 1. The van der Waals surface area contributed by atoms with E-state index in [1.807, 2.05) is 32.7 Å². The molecule has 170 valence electrons. The molecule has 29 heavy (non-hydrogen) atoms. The lowest BCUT2D eigenvalue weighted by Crippen LogP contribution is -2.54. The second kappa shape index (κ2) is 12.2. The van der Waals surface area contributed by atoms with Gasteiger partial charge >= 0.3 is 6.09 Å². The highest BCUT2D eigenvalue weighted by atomic mass is 127. The van der Waals surface area contributed by atoms with Crippen molar-refractivity contribution in [3.63, 3.8) is 0 Å². The second-order valence-electron chi connectivity index (χ2n) is 9.32. The van der Waals surface area contributed by atoms with Crippen molar-refractivity contribution in [3.05, 3.63) is 0 Å². The van der Waals surface area contributed by atoms with Gasteiger partial charge in [-0.3, -0.25) is 4.99 Å². The van der Waals surface area contributed by atoms with E-state index in [0.717, 1.165) is 57.7 Å². The predicted octanol–water partition coefficient (Wildman–Crippen LogP) is 3.43. The van der Waals surface area contributed by atoms with Crippen molar-refractivity contribution in [1.82, 2.24) is 20.4 Å². The number of halogens is 1. The summed E-state index contributed by atoms with van der Waals surface area (Å²) in [7, 11) is 1.81. The third-order valence-corrected chi connectivity index (χ3v) is 5.58. The van der Waals surface area contributed by atoms with Crippen molar-refractivity contribution in [2.75, 3.05) is 33.2 Å². The van der Waals surface area contributed by atoms with E-state index >= 15 is 0 Å². The molecule has 2 rings (SSSR count). The van der Waals surface area contributed by atoms with Gasteiger partial charge in [-0.05, 0) is 66.7 Å². The van der Waals surface area contributed by atoms with E-state index in [9.17, 15) is 4.79 Å². The van der Waals surface area contributed by atoms with Crippen molar-refractivity contribution in [1.29, 1.82) is 0 Å². The van der Waals surface area contributed by atoms with Crippen molar-refractivity contribution in [2.24, 2.45) is 4.99 Å². The van der Waals surface area contributed by atoms with E-state index in [4.69, 9.17) is 4.74 Å². The lowest BCUT2D eigenvalue weighted by Gasteiger charge is -2.38. The molecule has 2 N–H and O–H groups in total. The van der Waals surface area contributed by atoms with Gasteiger partial charge in [0, 0.05) is 45.3 Å². The molecule has 0 aliphatic carbocycles. The molecule has 0 aromatic rings. The van der Waals surface area contributed by atoms with Gasteiger partial charge in [-0.1, -0.05) is 0 Å². The molecule has 1 unspecified atom stereocenters. The Morgan fingerprint density at radius 3 is 2.34 bits per heavy atom. The largest absolute Gasteiger partial charge is 0.444 e. The Bertz CT molecular complexity index is 528. The van der Waals surface area contributed by atoms with Crippen LogP contribution < -0.4 is 10.6 Å².